The zero-order valence-electron chi connectivity index (χ0n) is 15.6. The number of anilines is 1. The molecule has 0 fully saturated rings. The largest absolute Gasteiger partial charge is 0.495 e. The average Bonchev–Trinajstić information content (AvgIpc) is 2.62. The summed E-state index contributed by atoms with van der Waals surface area (Å²) in [6.45, 7) is 3.64. The number of sulfonamides is 1. The van der Waals surface area contributed by atoms with E-state index in [0.717, 1.165) is 9.87 Å². The molecule has 1 N–H and O–H groups in total. The summed E-state index contributed by atoms with van der Waals surface area (Å²) >= 11 is 0. The van der Waals surface area contributed by atoms with Gasteiger partial charge in [0.2, 0.25) is 15.9 Å². The van der Waals surface area contributed by atoms with Gasteiger partial charge in [-0.25, -0.2) is 12.7 Å². The van der Waals surface area contributed by atoms with Gasteiger partial charge < -0.3 is 10.1 Å². The van der Waals surface area contributed by atoms with Gasteiger partial charge >= 0.3 is 0 Å². The topological polar surface area (TPSA) is 75.7 Å². The normalized spacial score (nSPS) is 12.1. The smallest absolute Gasteiger partial charge is 0.246 e. The van der Waals surface area contributed by atoms with Crippen molar-refractivity contribution in [3.63, 3.8) is 0 Å². The Morgan fingerprint density at radius 2 is 1.69 bits per heavy atom. The van der Waals surface area contributed by atoms with Crippen molar-refractivity contribution >= 4 is 21.6 Å². The van der Waals surface area contributed by atoms with E-state index in [1.54, 1.807) is 6.07 Å². The van der Waals surface area contributed by atoms with Crippen LogP contribution >= 0.6 is 0 Å². The minimum absolute atomic E-state index is 0.000294. The molecule has 2 aromatic rings. The fourth-order valence-electron chi connectivity index (χ4n) is 2.43. The lowest BCUT2D eigenvalue weighted by atomic mass is 9.83. The van der Waals surface area contributed by atoms with Gasteiger partial charge in [-0.3, -0.25) is 4.79 Å². The highest BCUT2D eigenvalue weighted by Gasteiger charge is 2.30. The first kappa shape index (κ1) is 19.9. The fourth-order valence-corrected chi connectivity index (χ4v) is 3.50. The third kappa shape index (κ3) is 3.89. The SMILES string of the molecule is COc1ccc(NC(=O)C(C)(C)c2ccccc2)cc1S(=O)(=O)N(C)C. The maximum atomic E-state index is 12.8. The number of carbonyl (C=O) groups excluding carboxylic acids is 1. The van der Waals surface area contributed by atoms with E-state index in [0.29, 0.717) is 5.69 Å². The first-order valence-electron chi connectivity index (χ1n) is 8.08. The number of ether oxygens (including phenoxy) is 1. The summed E-state index contributed by atoms with van der Waals surface area (Å²) in [7, 11) is 0.581. The van der Waals surface area contributed by atoms with E-state index in [9.17, 15) is 13.2 Å². The van der Waals surface area contributed by atoms with E-state index in [1.165, 1.54) is 33.3 Å². The van der Waals surface area contributed by atoms with Gasteiger partial charge in [0.05, 0.1) is 12.5 Å². The molecule has 2 rings (SSSR count). The zero-order chi connectivity index (χ0) is 19.5. The molecule has 6 nitrogen and oxygen atoms in total. The molecule has 0 saturated carbocycles. The van der Waals surface area contributed by atoms with Crippen LogP contribution in [0.4, 0.5) is 5.69 Å². The zero-order valence-corrected chi connectivity index (χ0v) is 16.4. The van der Waals surface area contributed by atoms with Crippen LogP contribution in [-0.2, 0) is 20.2 Å². The molecule has 26 heavy (non-hydrogen) atoms. The van der Waals surface area contributed by atoms with Crippen molar-refractivity contribution in [2.45, 2.75) is 24.2 Å². The summed E-state index contributed by atoms with van der Waals surface area (Å²) in [5, 5.41) is 2.81. The third-order valence-electron chi connectivity index (χ3n) is 4.24. The van der Waals surface area contributed by atoms with E-state index in [-0.39, 0.29) is 16.6 Å². The first-order valence-corrected chi connectivity index (χ1v) is 9.52. The number of methoxy groups -OCH3 is 1. The minimum atomic E-state index is -3.71. The highest BCUT2D eigenvalue weighted by Crippen LogP contribution is 2.30. The Balaban J connectivity index is 2.37. The number of hydrogen-bond acceptors (Lipinski definition) is 4. The second-order valence-electron chi connectivity index (χ2n) is 6.60. The van der Waals surface area contributed by atoms with Gasteiger partial charge in [0.15, 0.2) is 0 Å². The van der Waals surface area contributed by atoms with Crippen molar-refractivity contribution in [2.75, 3.05) is 26.5 Å². The number of benzene rings is 2. The Hall–Kier alpha value is -2.38. The molecule has 0 atom stereocenters. The minimum Gasteiger partial charge on any atom is -0.495 e. The second kappa shape index (κ2) is 7.47. The maximum Gasteiger partial charge on any atom is 0.246 e. The second-order valence-corrected chi connectivity index (χ2v) is 8.72. The highest BCUT2D eigenvalue weighted by molar-refractivity contribution is 7.89. The van der Waals surface area contributed by atoms with E-state index in [4.69, 9.17) is 4.74 Å². The summed E-state index contributed by atoms with van der Waals surface area (Å²) < 4.78 is 31.3. The Labute approximate surface area is 154 Å². The Morgan fingerprint density at radius 3 is 2.23 bits per heavy atom. The molecular formula is C19H24N2O4S. The molecule has 0 bridgehead atoms. The molecule has 140 valence electrons. The van der Waals surface area contributed by atoms with Crippen molar-refractivity contribution < 1.29 is 17.9 Å². The number of hydrogen-bond donors (Lipinski definition) is 1. The van der Waals surface area contributed by atoms with Gasteiger partial charge in [-0.15, -0.1) is 0 Å². The quantitative estimate of drug-likeness (QED) is 0.841. The molecule has 7 heteroatoms. The molecule has 0 spiro atoms. The van der Waals surface area contributed by atoms with Gasteiger partial charge in [-0.2, -0.15) is 0 Å². The van der Waals surface area contributed by atoms with E-state index >= 15 is 0 Å². The number of carbonyl (C=O) groups is 1. The molecule has 0 heterocycles. The monoisotopic (exact) mass is 376 g/mol. The molecule has 1 amide bonds. The van der Waals surface area contributed by atoms with Gasteiger partial charge in [0.1, 0.15) is 10.6 Å². The predicted molar refractivity (Wildman–Crippen MR) is 102 cm³/mol. The van der Waals surface area contributed by atoms with Crippen LogP contribution in [0, 0.1) is 0 Å². The number of amides is 1. The summed E-state index contributed by atoms with van der Waals surface area (Å²) in [6, 6.07) is 14.0. The number of nitrogens with zero attached hydrogens (tertiary/aromatic N) is 1. The van der Waals surface area contributed by atoms with Crippen molar-refractivity contribution in [1.29, 1.82) is 0 Å². The van der Waals surface area contributed by atoms with Crippen LogP contribution in [0.3, 0.4) is 0 Å². The van der Waals surface area contributed by atoms with Crippen molar-refractivity contribution in [2.24, 2.45) is 0 Å². The summed E-state index contributed by atoms with van der Waals surface area (Å²) in [5.41, 5.74) is 0.481. The summed E-state index contributed by atoms with van der Waals surface area (Å²) in [4.78, 5) is 12.8. The highest BCUT2D eigenvalue weighted by atomic mass is 32.2. The van der Waals surface area contributed by atoms with Crippen LogP contribution in [0.2, 0.25) is 0 Å². The molecule has 2 aromatic carbocycles. The number of nitrogens with one attached hydrogen (secondary N) is 1. The van der Waals surface area contributed by atoms with Crippen LogP contribution < -0.4 is 10.1 Å². The lowest BCUT2D eigenvalue weighted by Gasteiger charge is -2.24. The summed E-state index contributed by atoms with van der Waals surface area (Å²) in [5.74, 6) is -0.0129. The van der Waals surface area contributed by atoms with Gasteiger partial charge in [0, 0.05) is 19.8 Å². The van der Waals surface area contributed by atoms with Crippen LogP contribution in [0.15, 0.2) is 53.4 Å². The van der Waals surface area contributed by atoms with Crippen LogP contribution in [0.5, 0.6) is 5.75 Å². The Kier molecular flexibility index (Phi) is 5.73. The molecule has 0 saturated heterocycles. The Morgan fingerprint density at radius 1 is 1.08 bits per heavy atom. The van der Waals surface area contributed by atoms with Crippen molar-refractivity contribution in [1.82, 2.24) is 4.31 Å². The third-order valence-corrected chi connectivity index (χ3v) is 6.08. The lowest BCUT2D eigenvalue weighted by Crippen LogP contribution is -2.34. The van der Waals surface area contributed by atoms with Crippen LogP contribution in [0.1, 0.15) is 19.4 Å². The van der Waals surface area contributed by atoms with Gasteiger partial charge in [-0.05, 0) is 37.6 Å². The summed E-state index contributed by atoms with van der Waals surface area (Å²) in [6.07, 6.45) is 0. The van der Waals surface area contributed by atoms with Crippen LogP contribution in [0.25, 0.3) is 0 Å². The molecular weight excluding hydrogens is 352 g/mol. The molecule has 0 aromatic heterocycles. The first-order chi connectivity index (χ1) is 12.1. The van der Waals surface area contributed by atoms with E-state index in [2.05, 4.69) is 5.32 Å². The van der Waals surface area contributed by atoms with Crippen molar-refractivity contribution in [3.8, 4) is 5.75 Å². The molecule has 0 aliphatic rings. The van der Waals surface area contributed by atoms with Gasteiger partial charge in [0.25, 0.3) is 0 Å². The molecule has 0 aliphatic carbocycles. The Bertz CT molecular complexity index is 891. The molecule has 0 radical (unpaired) electrons. The standard InChI is InChI=1S/C19H24N2O4S/c1-19(2,14-9-7-6-8-10-14)18(22)20-15-11-12-16(25-5)17(13-15)26(23,24)21(3)4/h6-13H,1-5H3,(H,20,22). The van der Waals surface area contributed by atoms with E-state index in [1.807, 2.05) is 44.2 Å². The predicted octanol–water partition coefficient (Wildman–Crippen LogP) is 2.86. The average molecular weight is 376 g/mol. The fraction of sp³-hybridized carbons (Fsp3) is 0.316. The van der Waals surface area contributed by atoms with Crippen molar-refractivity contribution in [3.05, 3.63) is 54.1 Å². The van der Waals surface area contributed by atoms with Crippen LogP contribution in [-0.4, -0.2) is 39.8 Å². The lowest BCUT2D eigenvalue weighted by molar-refractivity contribution is -0.120. The van der Waals surface area contributed by atoms with E-state index < -0.39 is 15.4 Å². The molecule has 0 aliphatic heterocycles. The number of rotatable bonds is 6. The maximum absolute atomic E-state index is 12.8. The van der Waals surface area contributed by atoms with Gasteiger partial charge in [-0.1, -0.05) is 30.3 Å². The molecule has 0 unspecified atom stereocenters.